The third kappa shape index (κ3) is 35.9. The second-order valence-corrected chi connectivity index (χ2v) is 6.03. The fourth-order valence-corrected chi connectivity index (χ4v) is 1.37. The van der Waals surface area contributed by atoms with Crippen molar-refractivity contribution in [1.29, 1.82) is 0 Å². The van der Waals surface area contributed by atoms with Gasteiger partial charge in [0.25, 0.3) is 0 Å². The maximum absolute atomic E-state index is 10.1. The molecular formula is C16H20Mg3N2O18. The van der Waals surface area contributed by atoms with Gasteiger partial charge < -0.3 is 91.3 Å². The first-order valence-corrected chi connectivity index (χ1v) is 8.60. The van der Waals surface area contributed by atoms with Crippen LogP contribution in [0, 0.1) is 0 Å². The average Bonchev–Trinajstić information content (AvgIpc) is 2.66. The van der Waals surface area contributed by atoms with E-state index in [1.165, 1.54) is 0 Å². The van der Waals surface area contributed by atoms with E-state index in [0.717, 1.165) is 0 Å². The second kappa shape index (κ2) is 27.5. The Labute approximate surface area is 266 Å². The minimum Gasteiger partial charge on any atom is -0.550 e. The molecule has 0 aromatic heterocycles. The van der Waals surface area contributed by atoms with Crippen LogP contribution in [0.3, 0.4) is 0 Å². The minimum absolute atomic E-state index is 0. The van der Waals surface area contributed by atoms with Crippen LogP contribution in [-0.4, -0.2) is 162 Å². The zero-order valence-electron chi connectivity index (χ0n) is 20.0. The van der Waals surface area contributed by atoms with Gasteiger partial charge in [-0.3, -0.25) is 9.59 Å². The standard InChI is InChI=1S/2C6H8O7.2C2H5NO2.3Mg/c2*7-3(8)1-6(13,5(11)12)2-4(9)10;2*3-1-2(4)5;;;/h2*13H,1-2H2,(H,7,8)(H,9,10)(H,11,12);2*1,3H2,(H,4,5);;;/q;;;;3*+2/p-6. The van der Waals surface area contributed by atoms with Crippen LogP contribution in [0.2, 0.25) is 0 Å². The summed E-state index contributed by atoms with van der Waals surface area (Å²) in [5.74, 6) is -13.9. The predicted octanol–water partition coefficient (Wildman–Crippen LogP) is -13.6. The number of carboxylic acid groups (broad SMARTS) is 8. The Morgan fingerprint density at radius 3 is 0.667 bits per heavy atom. The number of aliphatic carboxylic acids is 8. The number of carboxylic acids is 8. The zero-order valence-corrected chi connectivity index (χ0v) is 24.3. The average molecular weight is 601 g/mol. The van der Waals surface area contributed by atoms with Crippen molar-refractivity contribution in [2.75, 3.05) is 13.1 Å². The predicted molar refractivity (Wildman–Crippen MR) is 109 cm³/mol. The van der Waals surface area contributed by atoms with E-state index in [1.807, 2.05) is 0 Å². The molecule has 0 radical (unpaired) electrons. The summed E-state index contributed by atoms with van der Waals surface area (Å²) in [6, 6.07) is 0. The van der Waals surface area contributed by atoms with Crippen molar-refractivity contribution in [3.63, 3.8) is 0 Å². The van der Waals surface area contributed by atoms with Gasteiger partial charge in [0.05, 0.1) is 25.0 Å². The number of nitrogens with two attached hydrogens (primary N) is 2. The molecule has 0 aromatic carbocycles. The van der Waals surface area contributed by atoms with Crippen LogP contribution < -0.4 is 42.1 Å². The summed E-state index contributed by atoms with van der Waals surface area (Å²) in [6.07, 6.45) is -5.43. The van der Waals surface area contributed by atoms with Gasteiger partial charge in [-0.15, -0.1) is 0 Å². The van der Waals surface area contributed by atoms with Gasteiger partial charge in [0, 0.05) is 49.6 Å². The maximum atomic E-state index is 10.1. The Kier molecular flexibility index (Phi) is 37.5. The van der Waals surface area contributed by atoms with E-state index in [2.05, 4.69) is 11.5 Å². The minimum atomic E-state index is -2.97. The third-order valence-electron chi connectivity index (χ3n) is 2.86. The zero-order chi connectivity index (χ0) is 29.9. The molecule has 0 bridgehead atoms. The number of rotatable bonds is 12. The van der Waals surface area contributed by atoms with Crippen molar-refractivity contribution in [1.82, 2.24) is 0 Å². The molecule has 0 rings (SSSR count). The molecule has 0 aliphatic carbocycles. The molecule has 0 aromatic rings. The van der Waals surface area contributed by atoms with Crippen LogP contribution in [0.4, 0.5) is 0 Å². The van der Waals surface area contributed by atoms with Gasteiger partial charge in [0.2, 0.25) is 0 Å². The summed E-state index contributed by atoms with van der Waals surface area (Å²) < 4.78 is 0. The van der Waals surface area contributed by atoms with E-state index in [9.17, 15) is 69.0 Å². The summed E-state index contributed by atoms with van der Waals surface area (Å²) in [4.78, 5) is 78.5. The monoisotopic (exact) mass is 600 g/mol. The molecule has 0 saturated heterocycles. The molecule has 23 heteroatoms. The summed E-state index contributed by atoms with van der Waals surface area (Å²) in [5.41, 5.74) is 3.19. The Balaban J connectivity index is -0.0000000741. The molecule has 8 N–H and O–H groups in total. The van der Waals surface area contributed by atoms with E-state index in [1.54, 1.807) is 0 Å². The number of carbonyl (C=O) groups is 8. The number of hydrogen-bond donors (Lipinski definition) is 6. The maximum Gasteiger partial charge on any atom is 2.00 e. The van der Waals surface area contributed by atoms with Gasteiger partial charge in [0.15, 0.2) is 0 Å². The van der Waals surface area contributed by atoms with Crippen LogP contribution in [0.25, 0.3) is 0 Å². The number of carbonyl (C=O) groups excluding carboxylic acids is 6. The number of aliphatic hydroxyl groups is 2. The van der Waals surface area contributed by atoms with Gasteiger partial charge in [-0.25, -0.2) is 0 Å². The largest absolute Gasteiger partial charge is 2.00 e. The van der Waals surface area contributed by atoms with Gasteiger partial charge in [0.1, 0.15) is 11.2 Å². The van der Waals surface area contributed by atoms with Crippen molar-refractivity contribution < 1.29 is 89.4 Å². The van der Waals surface area contributed by atoms with E-state index in [0.29, 0.717) is 0 Å². The van der Waals surface area contributed by atoms with Gasteiger partial charge in [-0.1, -0.05) is 0 Å². The summed E-state index contributed by atoms with van der Waals surface area (Å²) in [7, 11) is 0. The Morgan fingerprint density at radius 1 is 0.487 bits per heavy atom. The van der Waals surface area contributed by atoms with Gasteiger partial charge in [-0.05, 0) is 0 Å². The molecule has 0 saturated carbocycles. The third-order valence-corrected chi connectivity index (χ3v) is 2.86. The van der Waals surface area contributed by atoms with E-state index >= 15 is 0 Å². The normalized spacial score (nSPS) is 9.13. The van der Waals surface area contributed by atoms with E-state index in [-0.39, 0.29) is 82.2 Å². The molecule has 0 unspecified atom stereocenters. The summed E-state index contributed by atoms with van der Waals surface area (Å²) in [5, 5.41) is 93.0. The van der Waals surface area contributed by atoms with Crippen molar-refractivity contribution in [3.05, 3.63) is 0 Å². The second-order valence-electron chi connectivity index (χ2n) is 6.03. The fourth-order valence-electron chi connectivity index (χ4n) is 1.37. The van der Waals surface area contributed by atoms with Crippen LogP contribution >= 0.6 is 0 Å². The molecule has 0 amide bonds. The molecule has 0 atom stereocenters. The van der Waals surface area contributed by atoms with E-state index in [4.69, 9.17) is 20.4 Å². The van der Waals surface area contributed by atoms with Gasteiger partial charge >= 0.3 is 81.1 Å². The molecule has 0 aliphatic rings. The van der Waals surface area contributed by atoms with Crippen molar-refractivity contribution in [2.24, 2.45) is 11.5 Å². The van der Waals surface area contributed by atoms with Crippen LogP contribution in [0.15, 0.2) is 0 Å². The van der Waals surface area contributed by atoms with Crippen LogP contribution in [-0.2, 0) is 38.4 Å². The molecule has 0 spiro atoms. The number of hydrogen-bond acceptors (Lipinski definition) is 18. The quantitative estimate of drug-likeness (QED) is 0.113. The molecule has 39 heavy (non-hydrogen) atoms. The SMILES string of the molecule is NCC(=O)O.NCC(=O)O.O=C([O-])CC(O)(CC(=O)[O-])C(=O)[O-].O=C([O-])CC(O)(CC(=O)[O-])C(=O)[O-].[Mg+2].[Mg+2].[Mg+2]. The molecule has 208 valence electrons. The van der Waals surface area contributed by atoms with Crippen LogP contribution in [0.5, 0.6) is 0 Å². The summed E-state index contributed by atoms with van der Waals surface area (Å²) >= 11 is 0. The topological polar surface area (TPSA) is 408 Å². The van der Waals surface area contributed by atoms with E-state index < -0.39 is 84.6 Å². The van der Waals surface area contributed by atoms with Crippen molar-refractivity contribution >= 4 is 117 Å². The molecular weight excluding hydrogens is 581 g/mol. The van der Waals surface area contributed by atoms with Crippen molar-refractivity contribution in [3.8, 4) is 0 Å². The first kappa shape index (κ1) is 53.2. The van der Waals surface area contributed by atoms with Crippen molar-refractivity contribution in [2.45, 2.75) is 36.9 Å². The van der Waals surface area contributed by atoms with Gasteiger partial charge in [-0.2, -0.15) is 0 Å². The van der Waals surface area contributed by atoms with Crippen LogP contribution in [0.1, 0.15) is 25.7 Å². The smallest absolute Gasteiger partial charge is 0.550 e. The Hall–Kier alpha value is -2.10. The molecule has 20 nitrogen and oxygen atoms in total. The fraction of sp³-hybridized carbons (Fsp3) is 0.500. The Bertz CT molecular complexity index is 724. The first-order chi connectivity index (χ1) is 16.1. The first-order valence-electron chi connectivity index (χ1n) is 8.60. The molecule has 0 aliphatic heterocycles. The Morgan fingerprint density at radius 2 is 0.615 bits per heavy atom. The summed E-state index contributed by atoms with van der Waals surface area (Å²) in [6.45, 7) is -0.556. The molecule has 0 fully saturated rings. The molecule has 0 heterocycles.